The largest absolute Gasteiger partial charge is 0.373 e. The fraction of sp³-hybridized carbons (Fsp3) is 0.429. The van der Waals surface area contributed by atoms with Crippen molar-refractivity contribution in [2.45, 2.75) is 18.9 Å². The molecule has 1 atom stereocenters. The monoisotopic (exact) mass is 414 g/mol. The molecular weight excluding hydrogens is 387 g/mol. The van der Waals surface area contributed by atoms with E-state index in [4.69, 9.17) is 0 Å². The number of benzene rings is 1. The summed E-state index contributed by atoms with van der Waals surface area (Å²) in [5.41, 5.74) is 1.41. The van der Waals surface area contributed by atoms with Gasteiger partial charge in [0.25, 0.3) is 0 Å². The maximum Gasteiger partial charge on any atom is 0.236 e. The average Bonchev–Trinajstić information content (AvgIpc) is 3.09. The molecule has 1 aromatic heterocycles. The van der Waals surface area contributed by atoms with Gasteiger partial charge in [-0.2, -0.15) is 0 Å². The van der Waals surface area contributed by atoms with Crippen LogP contribution in [0.25, 0.3) is 0 Å². The Morgan fingerprint density at radius 1 is 1.23 bits per heavy atom. The van der Waals surface area contributed by atoms with Gasteiger partial charge in [-0.3, -0.25) is 9.59 Å². The molecule has 1 unspecified atom stereocenters. The van der Waals surface area contributed by atoms with Crippen LogP contribution in [0.3, 0.4) is 0 Å². The maximum absolute atomic E-state index is 13.2. The molecule has 2 heterocycles. The molecule has 9 heteroatoms. The third-order valence-electron chi connectivity index (χ3n) is 4.99. The molecule has 1 aliphatic rings. The second kappa shape index (κ2) is 9.17. The van der Waals surface area contributed by atoms with E-state index >= 15 is 0 Å². The highest BCUT2D eigenvalue weighted by Gasteiger charge is 2.33. The van der Waals surface area contributed by atoms with Crippen LogP contribution in [0.2, 0.25) is 0 Å². The number of amides is 2. The summed E-state index contributed by atoms with van der Waals surface area (Å²) in [4.78, 5) is 39.0. The number of carbonyl (C=O) groups excluding carboxylic acids is 2. The lowest BCUT2D eigenvalue weighted by Gasteiger charge is -2.20. The molecule has 1 fully saturated rings. The fourth-order valence-corrected chi connectivity index (χ4v) is 3.39. The molecule has 1 aliphatic heterocycles. The van der Waals surface area contributed by atoms with Gasteiger partial charge in [-0.05, 0) is 38.4 Å². The molecule has 1 N–H and O–H groups in total. The summed E-state index contributed by atoms with van der Waals surface area (Å²) < 4.78 is 13.2. The number of rotatable bonds is 7. The molecule has 160 valence electrons. The van der Waals surface area contributed by atoms with E-state index in [0.29, 0.717) is 36.8 Å². The van der Waals surface area contributed by atoms with Crippen molar-refractivity contribution < 1.29 is 14.0 Å². The van der Waals surface area contributed by atoms with Crippen LogP contribution in [0.4, 0.5) is 15.9 Å². The zero-order valence-corrected chi connectivity index (χ0v) is 17.7. The first-order valence-electron chi connectivity index (χ1n) is 9.77. The molecule has 0 aliphatic carbocycles. The molecule has 30 heavy (non-hydrogen) atoms. The van der Waals surface area contributed by atoms with Gasteiger partial charge >= 0.3 is 0 Å². The highest BCUT2D eigenvalue weighted by Crippen LogP contribution is 2.31. The Balaban J connectivity index is 1.79. The van der Waals surface area contributed by atoms with Crippen LogP contribution in [0.15, 0.2) is 30.3 Å². The van der Waals surface area contributed by atoms with E-state index in [9.17, 15) is 14.0 Å². The lowest BCUT2D eigenvalue weighted by atomic mass is 10.0. The Bertz CT molecular complexity index is 918. The van der Waals surface area contributed by atoms with Crippen LogP contribution in [0, 0.1) is 5.82 Å². The summed E-state index contributed by atoms with van der Waals surface area (Å²) in [6, 6.07) is 7.73. The highest BCUT2D eigenvalue weighted by molar-refractivity contribution is 5.96. The SMILES string of the molecule is CNc1cc(C2CC(=O)N(c3ccc(F)cc3)C2)nc(CN(C)C(=O)CN(C)C)n1. The van der Waals surface area contributed by atoms with Crippen molar-refractivity contribution in [3.8, 4) is 0 Å². The lowest BCUT2D eigenvalue weighted by molar-refractivity contribution is -0.131. The number of likely N-dealkylation sites (N-methyl/N-ethyl adjacent to an activating group) is 2. The first kappa shape index (κ1) is 21.6. The van der Waals surface area contributed by atoms with Crippen molar-refractivity contribution in [3.63, 3.8) is 0 Å². The van der Waals surface area contributed by atoms with Gasteiger partial charge in [-0.1, -0.05) is 0 Å². The van der Waals surface area contributed by atoms with Gasteiger partial charge in [0.1, 0.15) is 17.5 Å². The van der Waals surface area contributed by atoms with Gasteiger partial charge in [-0.15, -0.1) is 0 Å². The Morgan fingerprint density at radius 3 is 2.57 bits per heavy atom. The molecule has 3 rings (SSSR count). The zero-order chi connectivity index (χ0) is 21.8. The third kappa shape index (κ3) is 5.10. The van der Waals surface area contributed by atoms with E-state index in [2.05, 4.69) is 15.3 Å². The van der Waals surface area contributed by atoms with Gasteiger partial charge in [0.05, 0.1) is 18.8 Å². The third-order valence-corrected chi connectivity index (χ3v) is 4.99. The van der Waals surface area contributed by atoms with Crippen molar-refractivity contribution in [3.05, 3.63) is 47.7 Å². The summed E-state index contributed by atoms with van der Waals surface area (Å²) in [6.45, 7) is 1.04. The Morgan fingerprint density at radius 2 is 1.93 bits per heavy atom. The summed E-state index contributed by atoms with van der Waals surface area (Å²) in [5.74, 6) is 0.637. The Kier molecular flexibility index (Phi) is 6.61. The van der Waals surface area contributed by atoms with Gasteiger partial charge < -0.3 is 20.0 Å². The van der Waals surface area contributed by atoms with E-state index in [1.165, 1.54) is 12.1 Å². The molecule has 8 nitrogen and oxygen atoms in total. The molecule has 0 bridgehead atoms. The van der Waals surface area contributed by atoms with Crippen LogP contribution in [-0.4, -0.2) is 72.9 Å². The minimum atomic E-state index is -0.339. The predicted octanol–water partition coefficient (Wildman–Crippen LogP) is 1.70. The number of hydrogen-bond acceptors (Lipinski definition) is 6. The molecule has 2 aromatic rings. The van der Waals surface area contributed by atoms with E-state index in [0.717, 1.165) is 5.69 Å². The fourth-order valence-electron chi connectivity index (χ4n) is 3.39. The molecule has 1 saturated heterocycles. The van der Waals surface area contributed by atoms with Crippen LogP contribution in [0.1, 0.15) is 23.9 Å². The Hall–Kier alpha value is -3.07. The van der Waals surface area contributed by atoms with Crippen LogP contribution in [-0.2, 0) is 16.1 Å². The Labute approximate surface area is 175 Å². The number of carbonyl (C=O) groups is 2. The lowest BCUT2D eigenvalue weighted by Crippen LogP contribution is -2.35. The standard InChI is InChI=1S/C21H27FN6O2/c1-23-18-10-17(24-19(25-18)12-27(4)21(30)13-26(2)3)14-9-20(29)28(11-14)16-7-5-15(22)6-8-16/h5-8,10,14H,9,11-13H2,1-4H3,(H,23,24,25). The van der Waals surface area contributed by atoms with Crippen molar-refractivity contribution >= 4 is 23.3 Å². The topological polar surface area (TPSA) is 81.7 Å². The maximum atomic E-state index is 13.2. The quantitative estimate of drug-likeness (QED) is 0.743. The molecule has 0 saturated carbocycles. The van der Waals surface area contributed by atoms with Crippen molar-refractivity contribution in [1.82, 2.24) is 19.8 Å². The summed E-state index contributed by atoms with van der Waals surface area (Å²) in [5, 5.41) is 3.02. The first-order chi connectivity index (χ1) is 14.3. The highest BCUT2D eigenvalue weighted by atomic mass is 19.1. The predicted molar refractivity (Wildman–Crippen MR) is 113 cm³/mol. The van der Waals surface area contributed by atoms with Crippen LogP contribution in [0.5, 0.6) is 0 Å². The summed E-state index contributed by atoms with van der Waals surface area (Å²) in [7, 11) is 7.16. The number of nitrogens with one attached hydrogen (secondary N) is 1. The smallest absolute Gasteiger partial charge is 0.236 e. The summed E-state index contributed by atoms with van der Waals surface area (Å²) >= 11 is 0. The van der Waals surface area contributed by atoms with E-state index in [1.54, 1.807) is 36.0 Å². The average molecular weight is 414 g/mol. The van der Waals surface area contributed by atoms with E-state index < -0.39 is 0 Å². The molecule has 0 radical (unpaired) electrons. The van der Waals surface area contributed by atoms with Gasteiger partial charge in [0.2, 0.25) is 11.8 Å². The van der Waals surface area contributed by atoms with Gasteiger partial charge in [0, 0.05) is 44.7 Å². The zero-order valence-electron chi connectivity index (χ0n) is 17.7. The summed E-state index contributed by atoms with van der Waals surface area (Å²) in [6.07, 6.45) is 0.312. The van der Waals surface area contributed by atoms with Crippen molar-refractivity contribution in [2.24, 2.45) is 0 Å². The van der Waals surface area contributed by atoms with Gasteiger partial charge in [-0.25, -0.2) is 14.4 Å². The minimum absolute atomic E-state index is 0.0291. The number of halogens is 1. The first-order valence-corrected chi connectivity index (χ1v) is 9.77. The van der Waals surface area contributed by atoms with Crippen molar-refractivity contribution in [1.29, 1.82) is 0 Å². The number of hydrogen-bond donors (Lipinski definition) is 1. The van der Waals surface area contributed by atoms with E-state index in [-0.39, 0.29) is 30.1 Å². The number of nitrogens with zero attached hydrogens (tertiary/aromatic N) is 5. The minimum Gasteiger partial charge on any atom is -0.373 e. The molecule has 2 amide bonds. The molecule has 1 aromatic carbocycles. The van der Waals surface area contributed by atoms with Crippen LogP contribution < -0.4 is 10.2 Å². The molecule has 0 spiro atoms. The van der Waals surface area contributed by atoms with Crippen molar-refractivity contribution in [2.75, 3.05) is 51.5 Å². The normalized spacial score (nSPS) is 16.3. The second-order valence-electron chi connectivity index (χ2n) is 7.71. The number of anilines is 2. The van der Waals surface area contributed by atoms with Crippen LogP contribution >= 0.6 is 0 Å². The number of aromatic nitrogens is 2. The van der Waals surface area contributed by atoms with E-state index in [1.807, 2.05) is 25.1 Å². The second-order valence-corrected chi connectivity index (χ2v) is 7.71. The van der Waals surface area contributed by atoms with Gasteiger partial charge in [0.15, 0.2) is 0 Å². The molecular formula is C21H27FN6O2.